The molecule has 0 saturated heterocycles. The molecule has 1 amide bonds. The monoisotopic (exact) mass is 242 g/mol. The van der Waals surface area contributed by atoms with Gasteiger partial charge in [0.05, 0.1) is 6.10 Å². The molecule has 2 unspecified atom stereocenters. The van der Waals surface area contributed by atoms with Crippen LogP contribution in [-0.4, -0.2) is 23.7 Å². The molecule has 0 spiro atoms. The van der Waals surface area contributed by atoms with E-state index >= 15 is 0 Å². The van der Waals surface area contributed by atoms with Gasteiger partial charge in [0.25, 0.3) is 0 Å². The van der Waals surface area contributed by atoms with E-state index in [9.17, 15) is 9.90 Å². The van der Waals surface area contributed by atoms with Crippen LogP contribution >= 0.6 is 11.3 Å². The van der Waals surface area contributed by atoms with Crippen molar-refractivity contribution < 1.29 is 9.90 Å². The van der Waals surface area contributed by atoms with E-state index < -0.39 is 12.1 Å². The fourth-order valence-corrected chi connectivity index (χ4v) is 1.87. The highest BCUT2D eigenvalue weighted by Crippen LogP contribution is 2.16. The van der Waals surface area contributed by atoms with E-state index in [0.29, 0.717) is 0 Å². The molecule has 90 valence electrons. The average molecular weight is 242 g/mol. The van der Waals surface area contributed by atoms with Crippen LogP contribution in [0.3, 0.4) is 0 Å². The number of amides is 1. The van der Waals surface area contributed by atoms with Gasteiger partial charge in [0.15, 0.2) is 0 Å². The van der Waals surface area contributed by atoms with Crippen LogP contribution in [-0.2, 0) is 4.79 Å². The second-order valence-corrected chi connectivity index (χ2v) is 5.03. The Kier molecular flexibility index (Phi) is 4.92. The van der Waals surface area contributed by atoms with Crippen LogP contribution in [0.15, 0.2) is 17.5 Å². The van der Waals surface area contributed by atoms with Gasteiger partial charge in [0, 0.05) is 11.4 Å². The van der Waals surface area contributed by atoms with Crippen molar-refractivity contribution in [2.75, 3.05) is 6.54 Å². The molecule has 0 aliphatic heterocycles. The number of aliphatic hydroxyl groups is 1. The Morgan fingerprint density at radius 3 is 2.81 bits per heavy atom. The fourth-order valence-electron chi connectivity index (χ4n) is 1.15. The summed E-state index contributed by atoms with van der Waals surface area (Å²) in [5.41, 5.74) is 5.76. The number of carbonyl (C=O) groups is 1. The number of rotatable bonds is 5. The maximum atomic E-state index is 11.6. The molecule has 5 heteroatoms. The fraction of sp³-hybridized carbons (Fsp3) is 0.545. The third-order valence-corrected chi connectivity index (χ3v) is 3.34. The van der Waals surface area contributed by atoms with Gasteiger partial charge in [-0.05, 0) is 17.4 Å². The predicted octanol–water partition coefficient (Wildman–Crippen LogP) is 0.881. The van der Waals surface area contributed by atoms with E-state index in [2.05, 4.69) is 5.32 Å². The highest BCUT2D eigenvalue weighted by Gasteiger charge is 2.18. The van der Waals surface area contributed by atoms with Crippen molar-refractivity contribution in [2.24, 2.45) is 11.7 Å². The van der Waals surface area contributed by atoms with Crippen LogP contribution in [0.1, 0.15) is 24.8 Å². The van der Waals surface area contributed by atoms with E-state index in [-0.39, 0.29) is 18.4 Å². The molecule has 4 N–H and O–H groups in total. The zero-order chi connectivity index (χ0) is 12.1. The molecule has 1 aromatic rings. The lowest BCUT2D eigenvalue weighted by Gasteiger charge is -2.16. The zero-order valence-electron chi connectivity index (χ0n) is 9.51. The lowest BCUT2D eigenvalue weighted by atomic mass is 10.1. The highest BCUT2D eigenvalue weighted by atomic mass is 32.1. The van der Waals surface area contributed by atoms with E-state index in [1.165, 1.54) is 11.3 Å². The Labute approximate surface area is 99.5 Å². The topological polar surface area (TPSA) is 75.3 Å². The third kappa shape index (κ3) is 3.59. The van der Waals surface area contributed by atoms with Crippen molar-refractivity contribution in [1.29, 1.82) is 0 Å². The molecule has 1 aromatic heterocycles. The van der Waals surface area contributed by atoms with Crippen LogP contribution in [0.2, 0.25) is 0 Å². The number of carbonyl (C=O) groups excluding carboxylic acids is 1. The van der Waals surface area contributed by atoms with Gasteiger partial charge in [0.1, 0.15) is 6.04 Å². The van der Waals surface area contributed by atoms with Gasteiger partial charge in [-0.25, -0.2) is 0 Å². The largest absolute Gasteiger partial charge is 0.391 e. The summed E-state index contributed by atoms with van der Waals surface area (Å²) in [6.07, 6.45) is -0.528. The van der Waals surface area contributed by atoms with Crippen LogP contribution in [0.25, 0.3) is 0 Å². The summed E-state index contributed by atoms with van der Waals surface area (Å²) < 4.78 is 0. The Hall–Kier alpha value is -0.910. The highest BCUT2D eigenvalue weighted by molar-refractivity contribution is 7.10. The summed E-state index contributed by atoms with van der Waals surface area (Å²) >= 11 is 1.45. The standard InChI is InChI=1S/C11H18N2O2S/c1-7(2)8(14)6-13-11(15)10(12)9-4-3-5-16-9/h3-5,7-8,10,14H,6,12H2,1-2H3,(H,13,15). The summed E-state index contributed by atoms with van der Waals surface area (Å²) in [7, 11) is 0. The van der Waals surface area contributed by atoms with Crippen molar-refractivity contribution in [1.82, 2.24) is 5.32 Å². The first kappa shape index (κ1) is 13.2. The Morgan fingerprint density at radius 2 is 2.31 bits per heavy atom. The number of thiophene rings is 1. The van der Waals surface area contributed by atoms with Gasteiger partial charge < -0.3 is 16.2 Å². The van der Waals surface area contributed by atoms with Crippen molar-refractivity contribution in [3.8, 4) is 0 Å². The molecule has 0 bridgehead atoms. The van der Waals surface area contributed by atoms with Crippen LogP contribution in [0.5, 0.6) is 0 Å². The summed E-state index contributed by atoms with van der Waals surface area (Å²) in [5, 5.41) is 14.1. The number of hydrogen-bond donors (Lipinski definition) is 3. The maximum Gasteiger partial charge on any atom is 0.242 e. The van der Waals surface area contributed by atoms with Gasteiger partial charge in [-0.15, -0.1) is 11.3 Å². The predicted molar refractivity (Wildman–Crippen MR) is 65.1 cm³/mol. The molecule has 16 heavy (non-hydrogen) atoms. The molecule has 0 aromatic carbocycles. The summed E-state index contributed by atoms with van der Waals surface area (Å²) in [4.78, 5) is 12.5. The smallest absolute Gasteiger partial charge is 0.242 e. The van der Waals surface area contributed by atoms with Gasteiger partial charge >= 0.3 is 0 Å². The normalized spacial score (nSPS) is 14.8. The average Bonchev–Trinajstić information content (AvgIpc) is 2.77. The van der Waals surface area contributed by atoms with E-state index in [1.807, 2.05) is 31.4 Å². The first-order valence-corrected chi connectivity index (χ1v) is 6.15. The zero-order valence-corrected chi connectivity index (χ0v) is 10.3. The molecule has 2 atom stereocenters. The van der Waals surface area contributed by atoms with Crippen LogP contribution < -0.4 is 11.1 Å². The minimum Gasteiger partial charge on any atom is -0.391 e. The van der Waals surface area contributed by atoms with Gasteiger partial charge in [-0.3, -0.25) is 4.79 Å². The summed E-state index contributed by atoms with van der Waals surface area (Å²) in [6.45, 7) is 4.04. The molecular weight excluding hydrogens is 224 g/mol. The molecule has 1 rings (SSSR count). The number of aliphatic hydroxyl groups excluding tert-OH is 1. The third-order valence-electron chi connectivity index (χ3n) is 2.39. The van der Waals surface area contributed by atoms with E-state index in [1.54, 1.807) is 0 Å². The Balaban J connectivity index is 2.41. The Bertz CT molecular complexity index is 325. The van der Waals surface area contributed by atoms with Crippen LogP contribution in [0, 0.1) is 5.92 Å². The summed E-state index contributed by atoms with van der Waals surface area (Å²) in [6, 6.07) is 3.04. The Morgan fingerprint density at radius 1 is 1.62 bits per heavy atom. The molecule has 0 saturated carbocycles. The van der Waals surface area contributed by atoms with Crippen molar-refractivity contribution >= 4 is 17.2 Å². The quantitative estimate of drug-likeness (QED) is 0.717. The lowest BCUT2D eigenvalue weighted by Crippen LogP contribution is -2.39. The molecule has 0 radical (unpaired) electrons. The second-order valence-electron chi connectivity index (χ2n) is 4.05. The van der Waals surface area contributed by atoms with Gasteiger partial charge in [-0.2, -0.15) is 0 Å². The van der Waals surface area contributed by atoms with Crippen molar-refractivity contribution in [3.63, 3.8) is 0 Å². The van der Waals surface area contributed by atoms with Crippen molar-refractivity contribution in [2.45, 2.75) is 26.0 Å². The molecule has 1 heterocycles. The first-order valence-electron chi connectivity index (χ1n) is 5.27. The number of hydrogen-bond acceptors (Lipinski definition) is 4. The van der Waals surface area contributed by atoms with Gasteiger partial charge in [0.2, 0.25) is 5.91 Å². The SMILES string of the molecule is CC(C)C(O)CNC(=O)C(N)c1cccs1. The van der Waals surface area contributed by atoms with E-state index in [4.69, 9.17) is 5.73 Å². The van der Waals surface area contributed by atoms with Crippen molar-refractivity contribution in [3.05, 3.63) is 22.4 Å². The minimum absolute atomic E-state index is 0.123. The second kappa shape index (κ2) is 5.98. The molecule has 0 aliphatic rings. The number of nitrogens with one attached hydrogen (secondary N) is 1. The maximum absolute atomic E-state index is 11.6. The molecule has 4 nitrogen and oxygen atoms in total. The van der Waals surface area contributed by atoms with E-state index in [0.717, 1.165) is 4.88 Å². The van der Waals surface area contributed by atoms with Crippen LogP contribution in [0.4, 0.5) is 0 Å². The lowest BCUT2D eigenvalue weighted by molar-refractivity contribution is -0.123. The molecule has 0 fully saturated rings. The molecule has 0 aliphatic carbocycles. The minimum atomic E-state index is -0.639. The summed E-state index contributed by atoms with van der Waals surface area (Å²) in [5.74, 6) is -0.125. The first-order chi connectivity index (χ1) is 7.52. The number of nitrogens with two attached hydrogens (primary N) is 1. The van der Waals surface area contributed by atoms with Gasteiger partial charge in [-0.1, -0.05) is 19.9 Å². The molecular formula is C11H18N2O2S.